The number of halogens is 6. The summed E-state index contributed by atoms with van der Waals surface area (Å²) in [7, 11) is 0. The van der Waals surface area contributed by atoms with Crippen molar-refractivity contribution in [3.8, 4) is 0 Å². The Labute approximate surface area is 93.2 Å². The lowest BCUT2D eigenvalue weighted by Crippen LogP contribution is -2.46. The third kappa shape index (κ3) is 2.54. The zero-order valence-electron chi connectivity index (χ0n) is 8.65. The Balaban J connectivity index is 3.21. The summed E-state index contributed by atoms with van der Waals surface area (Å²) in [6, 6.07) is 0.163. The maximum atomic E-state index is 13.2. The Kier molecular flexibility index (Phi) is 3.42. The van der Waals surface area contributed by atoms with E-state index in [4.69, 9.17) is 5.73 Å². The van der Waals surface area contributed by atoms with Crippen molar-refractivity contribution in [1.82, 2.24) is 0 Å². The Hall–Kier alpha value is -1.24. The lowest BCUT2D eigenvalue weighted by molar-refractivity contribution is -0.291. The minimum atomic E-state index is -5.82. The van der Waals surface area contributed by atoms with E-state index in [9.17, 15) is 26.3 Å². The molecule has 0 heterocycles. The standard InChI is InChI=1S/C10H9F6N/c1-5-2-3-7(11)6(4-5)8(17)9(12,13)10(14,15)16/h2-4,8H,17H2,1H3/t8-/m0/s1. The van der Waals surface area contributed by atoms with E-state index in [2.05, 4.69) is 0 Å². The van der Waals surface area contributed by atoms with Gasteiger partial charge in [0.25, 0.3) is 0 Å². The number of hydrogen-bond acceptors (Lipinski definition) is 1. The first kappa shape index (κ1) is 13.8. The second-order valence-corrected chi connectivity index (χ2v) is 3.62. The Bertz CT molecular complexity index is 412. The van der Waals surface area contributed by atoms with Crippen molar-refractivity contribution >= 4 is 0 Å². The Morgan fingerprint density at radius 3 is 2.12 bits per heavy atom. The number of hydrogen-bond donors (Lipinski definition) is 1. The van der Waals surface area contributed by atoms with Crippen molar-refractivity contribution in [3.05, 3.63) is 35.1 Å². The molecule has 0 aliphatic carbocycles. The molecule has 0 radical (unpaired) electrons. The monoisotopic (exact) mass is 257 g/mol. The summed E-state index contributed by atoms with van der Waals surface area (Å²) in [5.74, 6) is -6.37. The molecule has 1 aromatic rings. The zero-order chi connectivity index (χ0) is 13.4. The molecular formula is C10H9F6N. The molecule has 1 nitrogen and oxygen atoms in total. The van der Waals surface area contributed by atoms with Crippen LogP contribution in [0.25, 0.3) is 0 Å². The second-order valence-electron chi connectivity index (χ2n) is 3.62. The maximum absolute atomic E-state index is 13.2. The number of aryl methyl sites for hydroxylation is 1. The van der Waals surface area contributed by atoms with Gasteiger partial charge < -0.3 is 5.73 Å². The van der Waals surface area contributed by atoms with Crippen molar-refractivity contribution in [2.45, 2.75) is 25.1 Å². The van der Waals surface area contributed by atoms with Gasteiger partial charge in [0.15, 0.2) is 0 Å². The van der Waals surface area contributed by atoms with E-state index in [1.165, 1.54) is 13.0 Å². The lowest BCUT2D eigenvalue weighted by Gasteiger charge is -2.26. The van der Waals surface area contributed by atoms with Gasteiger partial charge in [0.05, 0.1) is 0 Å². The number of alkyl halides is 5. The first-order valence-corrected chi connectivity index (χ1v) is 4.53. The highest BCUT2D eigenvalue weighted by Gasteiger charge is 2.62. The molecule has 0 aliphatic heterocycles. The third-order valence-electron chi connectivity index (χ3n) is 2.26. The molecule has 17 heavy (non-hydrogen) atoms. The van der Waals surface area contributed by atoms with Crippen LogP contribution in [0.1, 0.15) is 17.2 Å². The van der Waals surface area contributed by atoms with Crippen LogP contribution >= 0.6 is 0 Å². The van der Waals surface area contributed by atoms with Gasteiger partial charge in [0.1, 0.15) is 11.9 Å². The van der Waals surface area contributed by atoms with E-state index in [1.807, 2.05) is 0 Å². The van der Waals surface area contributed by atoms with Gasteiger partial charge >= 0.3 is 12.1 Å². The van der Waals surface area contributed by atoms with Crippen molar-refractivity contribution in [2.75, 3.05) is 0 Å². The fraction of sp³-hybridized carbons (Fsp3) is 0.400. The van der Waals surface area contributed by atoms with Gasteiger partial charge in [-0.2, -0.15) is 22.0 Å². The molecule has 0 fully saturated rings. The molecule has 0 spiro atoms. The molecule has 7 heteroatoms. The van der Waals surface area contributed by atoms with Crippen molar-refractivity contribution < 1.29 is 26.3 Å². The summed E-state index contributed by atoms with van der Waals surface area (Å²) < 4.78 is 75.1. The van der Waals surface area contributed by atoms with Crippen LogP contribution in [0.2, 0.25) is 0 Å². The third-order valence-corrected chi connectivity index (χ3v) is 2.26. The van der Waals surface area contributed by atoms with Crippen LogP contribution in [0.4, 0.5) is 26.3 Å². The molecule has 1 aromatic carbocycles. The molecule has 0 aromatic heterocycles. The van der Waals surface area contributed by atoms with E-state index >= 15 is 0 Å². The summed E-state index contributed by atoms with van der Waals surface area (Å²) in [6.45, 7) is 1.43. The van der Waals surface area contributed by atoms with Gasteiger partial charge in [0.2, 0.25) is 0 Å². The molecule has 1 atom stereocenters. The van der Waals surface area contributed by atoms with Crippen LogP contribution in [0.15, 0.2) is 18.2 Å². The molecule has 0 bridgehead atoms. The van der Waals surface area contributed by atoms with E-state index in [0.29, 0.717) is 5.56 Å². The van der Waals surface area contributed by atoms with E-state index < -0.39 is 29.5 Å². The van der Waals surface area contributed by atoms with Crippen LogP contribution in [-0.2, 0) is 0 Å². The Morgan fingerprint density at radius 1 is 1.12 bits per heavy atom. The highest BCUT2D eigenvalue weighted by molar-refractivity contribution is 5.28. The predicted octanol–water partition coefficient (Wildman–Crippen LogP) is 3.33. The maximum Gasteiger partial charge on any atom is 0.455 e. The van der Waals surface area contributed by atoms with E-state index in [1.54, 1.807) is 0 Å². The van der Waals surface area contributed by atoms with Gasteiger partial charge in [-0.05, 0) is 13.0 Å². The topological polar surface area (TPSA) is 26.0 Å². The van der Waals surface area contributed by atoms with E-state index in [0.717, 1.165) is 12.1 Å². The van der Waals surface area contributed by atoms with Gasteiger partial charge in [-0.1, -0.05) is 17.7 Å². The fourth-order valence-electron chi connectivity index (χ4n) is 1.27. The van der Waals surface area contributed by atoms with Crippen LogP contribution in [-0.4, -0.2) is 12.1 Å². The normalized spacial score (nSPS) is 14.8. The van der Waals surface area contributed by atoms with Crippen LogP contribution in [0.3, 0.4) is 0 Å². The number of rotatable bonds is 2. The average molecular weight is 257 g/mol. The molecule has 0 saturated heterocycles. The largest absolute Gasteiger partial charge is 0.455 e. The molecule has 0 aliphatic rings. The molecule has 0 amide bonds. The molecule has 1 rings (SSSR count). The molecule has 2 N–H and O–H groups in total. The lowest BCUT2D eigenvalue weighted by atomic mass is 9.99. The summed E-state index contributed by atoms with van der Waals surface area (Å²) >= 11 is 0. The summed E-state index contributed by atoms with van der Waals surface area (Å²) in [4.78, 5) is 0. The molecule has 0 saturated carbocycles. The second kappa shape index (κ2) is 4.21. The van der Waals surface area contributed by atoms with Crippen molar-refractivity contribution in [1.29, 1.82) is 0 Å². The van der Waals surface area contributed by atoms with Crippen molar-refractivity contribution in [3.63, 3.8) is 0 Å². The highest BCUT2D eigenvalue weighted by Crippen LogP contribution is 2.43. The van der Waals surface area contributed by atoms with Gasteiger partial charge in [-0.15, -0.1) is 0 Å². The SMILES string of the molecule is Cc1ccc(F)c([C@H](N)C(F)(F)C(F)(F)F)c1. The quantitative estimate of drug-likeness (QED) is 0.808. The van der Waals surface area contributed by atoms with Crippen LogP contribution < -0.4 is 5.73 Å². The van der Waals surface area contributed by atoms with Crippen molar-refractivity contribution in [2.24, 2.45) is 5.73 Å². The number of nitrogens with two attached hydrogens (primary N) is 1. The minimum Gasteiger partial charge on any atom is -0.319 e. The van der Waals surface area contributed by atoms with E-state index in [-0.39, 0.29) is 0 Å². The minimum absolute atomic E-state index is 0.342. The summed E-state index contributed by atoms with van der Waals surface area (Å²) in [6.07, 6.45) is -5.82. The van der Waals surface area contributed by atoms with Gasteiger partial charge in [0, 0.05) is 5.56 Å². The van der Waals surface area contributed by atoms with Crippen LogP contribution in [0.5, 0.6) is 0 Å². The van der Waals surface area contributed by atoms with Gasteiger partial charge in [-0.3, -0.25) is 0 Å². The molecule has 0 unspecified atom stereocenters. The first-order chi connectivity index (χ1) is 7.57. The molecule has 96 valence electrons. The van der Waals surface area contributed by atoms with Crippen LogP contribution in [0, 0.1) is 12.7 Å². The molecular weight excluding hydrogens is 248 g/mol. The fourth-order valence-corrected chi connectivity index (χ4v) is 1.27. The number of benzene rings is 1. The summed E-state index contributed by atoms with van der Waals surface area (Å²) in [5, 5.41) is 0. The average Bonchev–Trinajstić information content (AvgIpc) is 2.19. The summed E-state index contributed by atoms with van der Waals surface area (Å²) in [5.41, 5.74) is 4.31. The first-order valence-electron chi connectivity index (χ1n) is 4.53. The van der Waals surface area contributed by atoms with Gasteiger partial charge in [-0.25, -0.2) is 4.39 Å². The smallest absolute Gasteiger partial charge is 0.319 e. The zero-order valence-corrected chi connectivity index (χ0v) is 8.65. The predicted molar refractivity (Wildman–Crippen MR) is 49.1 cm³/mol. The Morgan fingerprint density at radius 2 is 1.65 bits per heavy atom. The highest BCUT2D eigenvalue weighted by atomic mass is 19.4.